The van der Waals surface area contributed by atoms with E-state index >= 15 is 0 Å². The molecule has 2 aliphatic rings. The number of amides is 1. The summed E-state index contributed by atoms with van der Waals surface area (Å²) in [6.45, 7) is 1.12. The Morgan fingerprint density at radius 1 is 1.15 bits per heavy atom. The average Bonchev–Trinajstić information content (AvgIpc) is 3.41. The Morgan fingerprint density at radius 2 is 1.89 bits per heavy atom. The molecule has 1 aromatic heterocycles. The number of morpholine rings is 1. The molecular weight excluding hydrogens is 370 g/mol. The Kier molecular flexibility index (Phi) is 4.96. The highest BCUT2D eigenvalue weighted by Crippen LogP contribution is 2.30. The van der Waals surface area contributed by atoms with Crippen LogP contribution in [0, 0.1) is 0 Å². The van der Waals surface area contributed by atoms with Gasteiger partial charge < -0.3 is 14.2 Å². The molecule has 0 N–H and O–H groups in total. The third-order valence-electron chi connectivity index (χ3n) is 5.24. The fourth-order valence-corrected chi connectivity index (χ4v) is 5.58. The van der Waals surface area contributed by atoms with Gasteiger partial charge in [0, 0.05) is 12.1 Å². The van der Waals surface area contributed by atoms with Crippen molar-refractivity contribution in [3.05, 3.63) is 42.0 Å². The number of ether oxygens (including phenoxy) is 1. The van der Waals surface area contributed by atoms with Crippen molar-refractivity contribution in [3.63, 3.8) is 0 Å². The maximum atomic E-state index is 13.0. The Balaban J connectivity index is 1.55. The fourth-order valence-electron chi connectivity index (χ4n) is 3.73. The van der Waals surface area contributed by atoms with Gasteiger partial charge in [0.15, 0.2) is 15.7 Å². The standard InChI is InChI=1S/C18H21N3O5S/c22-18(21-9-10-25-11-16(21)17-19-12-26-20-17)13-5-7-15(8-6-13)27(23,24)14-3-1-2-4-14/h5-8,12,14,16H,1-4,9-11H2/t16-/m0/s1. The Morgan fingerprint density at radius 3 is 2.56 bits per heavy atom. The van der Waals surface area contributed by atoms with Gasteiger partial charge in [-0.15, -0.1) is 0 Å². The summed E-state index contributed by atoms with van der Waals surface area (Å²) in [5, 5.41) is 3.51. The predicted octanol–water partition coefficient (Wildman–Crippen LogP) is 2.00. The van der Waals surface area contributed by atoms with E-state index in [0.29, 0.717) is 44.0 Å². The first-order chi connectivity index (χ1) is 13.1. The van der Waals surface area contributed by atoms with Gasteiger partial charge in [0.2, 0.25) is 6.39 Å². The van der Waals surface area contributed by atoms with E-state index in [-0.39, 0.29) is 16.1 Å². The van der Waals surface area contributed by atoms with E-state index in [4.69, 9.17) is 9.26 Å². The van der Waals surface area contributed by atoms with Gasteiger partial charge in [-0.25, -0.2) is 8.42 Å². The van der Waals surface area contributed by atoms with Crippen molar-refractivity contribution >= 4 is 15.7 Å². The summed E-state index contributed by atoms with van der Waals surface area (Å²) in [7, 11) is -3.33. The Hall–Kier alpha value is -2.26. The van der Waals surface area contributed by atoms with Crippen molar-refractivity contribution in [3.8, 4) is 0 Å². The van der Waals surface area contributed by atoms with E-state index in [0.717, 1.165) is 12.8 Å². The van der Waals surface area contributed by atoms with Crippen LogP contribution in [0.25, 0.3) is 0 Å². The first-order valence-corrected chi connectivity index (χ1v) is 10.6. The van der Waals surface area contributed by atoms with Crippen molar-refractivity contribution in [2.24, 2.45) is 0 Å². The Bertz CT molecular complexity index is 890. The molecule has 144 valence electrons. The van der Waals surface area contributed by atoms with Gasteiger partial charge in [-0.05, 0) is 37.1 Å². The summed E-state index contributed by atoms with van der Waals surface area (Å²) in [6.07, 6.45) is 4.55. The highest BCUT2D eigenvalue weighted by molar-refractivity contribution is 7.92. The van der Waals surface area contributed by atoms with Crippen LogP contribution in [0.1, 0.15) is 47.9 Å². The first-order valence-electron chi connectivity index (χ1n) is 9.06. The third kappa shape index (κ3) is 3.49. The van der Waals surface area contributed by atoms with Crippen LogP contribution in [-0.2, 0) is 14.6 Å². The molecule has 9 heteroatoms. The molecule has 1 aromatic carbocycles. The smallest absolute Gasteiger partial charge is 0.254 e. The zero-order valence-corrected chi connectivity index (χ0v) is 15.6. The lowest BCUT2D eigenvalue weighted by Gasteiger charge is -2.33. The highest BCUT2D eigenvalue weighted by atomic mass is 32.2. The number of rotatable bonds is 4. The van der Waals surface area contributed by atoms with Crippen molar-refractivity contribution in [2.75, 3.05) is 19.8 Å². The number of hydrogen-bond acceptors (Lipinski definition) is 7. The van der Waals surface area contributed by atoms with Crippen LogP contribution in [-0.4, -0.2) is 54.4 Å². The minimum absolute atomic E-state index is 0.210. The second kappa shape index (κ2) is 7.40. The molecule has 1 saturated heterocycles. The van der Waals surface area contributed by atoms with Crippen LogP contribution < -0.4 is 0 Å². The number of hydrogen-bond donors (Lipinski definition) is 0. The third-order valence-corrected chi connectivity index (χ3v) is 7.51. The minimum Gasteiger partial charge on any atom is -0.377 e. The summed E-state index contributed by atoms with van der Waals surface area (Å²) in [5.74, 6) is 0.182. The normalized spacial score (nSPS) is 21.5. The number of carbonyl (C=O) groups excluding carboxylic acids is 1. The van der Waals surface area contributed by atoms with E-state index in [1.165, 1.54) is 18.5 Å². The van der Waals surface area contributed by atoms with E-state index < -0.39 is 15.9 Å². The largest absolute Gasteiger partial charge is 0.377 e. The van der Waals surface area contributed by atoms with E-state index in [9.17, 15) is 13.2 Å². The molecule has 1 saturated carbocycles. The SMILES string of the molecule is O=C(c1ccc(S(=O)(=O)C2CCCC2)cc1)N1CCOC[C@H]1c1ncon1. The van der Waals surface area contributed by atoms with Crippen LogP contribution in [0.4, 0.5) is 0 Å². The Labute approximate surface area is 157 Å². The van der Waals surface area contributed by atoms with Crippen LogP contribution in [0.15, 0.2) is 40.1 Å². The van der Waals surface area contributed by atoms with Crippen molar-refractivity contribution < 1.29 is 22.5 Å². The van der Waals surface area contributed by atoms with Crippen molar-refractivity contribution in [1.82, 2.24) is 15.0 Å². The maximum absolute atomic E-state index is 13.0. The average molecular weight is 391 g/mol. The van der Waals surface area contributed by atoms with Gasteiger partial charge in [-0.3, -0.25) is 4.79 Å². The lowest BCUT2D eigenvalue weighted by atomic mass is 10.1. The van der Waals surface area contributed by atoms with Crippen LogP contribution in [0.5, 0.6) is 0 Å². The van der Waals surface area contributed by atoms with Crippen LogP contribution >= 0.6 is 0 Å². The second-order valence-electron chi connectivity index (χ2n) is 6.85. The monoisotopic (exact) mass is 391 g/mol. The zero-order chi connectivity index (χ0) is 18.9. The van der Waals surface area contributed by atoms with Gasteiger partial charge in [0.25, 0.3) is 5.91 Å². The fraction of sp³-hybridized carbons (Fsp3) is 0.500. The van der Waals surface area contributed by atoms with Gasteiger partial charge in [-0.1, -0.05) is 18.0 Å². The second-order valence-corrected chi connectivity index (χ2v) is 9.08. The van der Waals surface area contributed by atoms with Gasteiger partial charge in [-0.2, -0.15) is 4.98 Å². The molecule has 2 heterocycles. The summed E-state index contributed by atoms with van der Waals surface area (Å²) in [6, 6.07) is 5.79. The quantitative estimate of drug-likeness (QED) is 0.785. The van der Waals surface area contributed by atoms with E-state index in [1.807, 2.05) is 0 Å². The molecule has 0 bridgehead atoms. The number of aromatic nitrogens is 2. The zero-order valence-electron chi connectivity index (χ0n) is 14.8. The molecule has 0 spiro atoms. The van der Waals surface area contributed by atoms with Gasteiger partial charge >= 0.3 is 0 Å². The molecule has 1 aliphatic carbocycles. The topological polar surface area (TPSA) is 103 Å². The van der Waals surface area contributed by atoms with Gasteiger partial charge in [0.1, 0.15) is 6.04 Å². The summed E-state index contributed by atoms with van der Waals surface area (Å²) in [4.78, 5) is 18.9. The summed E-state index contributed by atoms with van der Waals surface area (Å²) >= 11 is 0. The van der Waals surface area contributed by atoms with Crippen LogP contribution in [0.3, 0.4) is 0 Å². The maximum Gasteiger partial charge on any atom is 0.254 e. The number of nitrogens with zero attached hydrogens (tertiary/aromatic N) is 3. The highest BCUT2D eigenvalue weighted by Gasteiger charge is 2.33. The number of sulfone groups is 1. The first kappa shape index (κ1) is 18.1. The summed E-state index contributed by atoms with van der Waals surface area (Å²) in [5.41, 5.74) is 0.427. The number of benzene rings is 1. The molecule has 1 aliphatic heterocycles. The molecule has 1 amide bonds. The van der Waals surface area contributed by atoms with Crippen molar-refractivity contribution in [2.45, 2.75) is 41.9 Å². The van der Waals surface area contributed by atoms with E-state index in [2.05, 4.69) is 10.1 Å². The molecule has 2 fully saturated rings. The van der Waals surface area contributed by atoms with Crippen LogP contribution in [0.2, 0.25) is 0 Å². The molecule has 1 atom stereocenters. The molecule has 0 unspecified atom stereocenters. The lowest BCUT2D eigenvalue weighted by molar-refractivity contribution is -0.00577. The molecule has 27 heavy (non-hydrogen) atoms. The molecule has 4 rings (SSSR count). The molecule has 2 aromatic rings. The molecule has 0 radical (unpaired) electrons. The van der Waals surface area contributed by atoms with Crippen molar-refractivity contribution in [1.29, 1.82) is 0 Å². The molecule has 8 nitrogen and oxygen atoms in total. The molecular formula is C18H21N3O5S. The van der Waals surface area contributed by atoms with Gasteiger partial charge in [0.05, 0.1) is 23.4 Å². The predicted molar refractivity (Wildman–Crippen MR) is 94.8 cm³/mol. The van der Waals surface area contributed by atoms with E-state index in [1.54, 1.807) is 17.0 Å². The number of carbonyl (C=O) groups is 1. The minimum atomic E-state index is -3.33. The lowest BCUT2D eigenvalue weighted by Crippen LogP contribution is -2.43. The summed E-state index contributed by atoms with van der Waals surface area (Å²) < 4.78 is 35.6.